The molecule has 1 N–H and O–H groups in total. The standard InChI is InChI=1S/C15H17NO2S/c1-12-4-2-3-5-14(12)18-10-15(17)16-8-6-13-7-9-19-11-13/h2-5,7,9,11H,6,8,10H2,1H3,(H,16,17). The number of amides is 1. The monoisotopic (exact) mass is 275 g/mol. The topological polar surface area (TPSA) is 38.3 Å². The first kappa shape index (κ1) is 13.6. The van der Waals surface area contributed by atoms with Crippen LogP contribution in [-0.4, -0.2) is 19.1 Å². The average Bonchev–Trinajstić information content (AvgIpc) is 2.91. The summed E-state index contributed by atoms with van der Waals surface area (Å²) in [7, 11) is 0. The zero-order chi connectivity index (χ0) is 13.5. The SMILES string of the molecule is Cc1ccccc1OCC(=O)NCCc1ccsc1. The molecule has 0 bridgehead atoms. The van der Waals surface area contributed by atoms with E-state index >= 15 is 0 Å². The minimum absolute atomic E-state index is 0.0640. The highest BCUT2D eigenvalue weighted by Crippen LogP contribution is 2.15. The van der Waals surface area contributed by atoms with Gasteiger partial charge >= 0.3 is 0 Å². The van der Waals surface area contributed by atoms with E-state index in [1.54, 1.807) is 11.3 Å². The molecule has 0 radical (unpaired) electrons. The molecule has 1 heterocycles. The highest BCUT2D eigenvalue weighted by molar-refractivity contribution is 7.07. The van der Waals surface area contributed by atoms with Crippen LogP contribution in [0.4, 0.5) is 0 Å². The molecule has 1 amide bonds. The van der Waals surface area contributed by atoms with Crippen molar-refractivity contribution in [1.29, 1.82) is 0 Å². The molecule has 0 saturated heterocycles. The van der Waals surface area contributed by atoms with Gasteiger partial charge in [0.25, 0.3) is 5.91 Å². The van der Waals surface area contributed by atoms with Crippen molar-refractivity contribution in [2.24, 2.45) is 0 Å². The van der Waals surface area contributed by atoms with Crippen LogP contribution in [0.15, 0.2) is 41.1 Å². The summed E-state index contributed by atoms with van der Waals surface area (Å²) in [5.74, 6) is 0.675. The van der Waals surface area contributed by atoms with Crippen LogP contribution in [0.5, 0.6) is 5.75 Å². The van der Waals surface area contributed by atoms with E-state index in [1.807, 2.05) is 36.6 Å². The van der Waals surface area contributed by atoms with Gasteiger partial charge in [-0.05, 0) is 47.4 Å². The molecule has 0 saturated carbocycles. The maximum absolute atomic E-state index is 11.6. The van der Waals surface area contributed by atoms with Crippen molar-refractivity contribution >= 4 is 17.2 Å². The first-order valence-corrected chi connectivity index (χ1v) is 7.16. The molecule has 0 aliphatic carbocycles. The molecule has 100 valence electrons. The summed E-state index contributed by atoms with van der Waals surface area (Å²) in [5.41, 5.74) is 2.29. The van der Waals surface area contributed by atoms with Crippen LogP contribution in [0.25, 0.3) is 0 Å². The number of carbonyl (C=O) groups is 1. The van der Waals surface area contributed by atoms with Gasteiger partial charge in [-0.1, -0.05) is 18.2 Å². The molecule has 0 spiro atoms. The minimum Gasteiger partial charge on any atom is -0.484 e. The van der Waals surface area contributed by atoms with Crippen molar-refractivity contribution < 1.29 is 9.53 Å². The summed E-state index contributed by atoms with van der Waals surface area (Å²) in [6, 6.07) is 9.75. The predicted octanol–water partition coefficient (Wildman–Crippen LogP) is 2.79. The summed E-state index contributed by atoms with van der Waals surface area (Å²) >= 11 is 1.67. The highest BCUT2D eigenvalue weighted by Gasteiger charge is 2.04. The zero-order valence-corrected chi connectivity index (χ0v) is 11.7. The van der Waals surface area contributed by atoms with Crippen LogP contribution in [0.1, 0.15) is 11.1 Å². The van der Waals surface area contributed by atoms with Gasteiger partial charge in [0.15, 0.2) is 6.61 Å². The zero-order valence-electron chi connectivity index (χ0n) is 10.9. The average molecular weight is 275 g/mol. The van der Waals surface area contributed by atoms with Crippen molar-refractivity contribution in [1.82, 2.24) is 5.32 Å². The highest BCUT2D eigenvalue weighted by atomic mass is 32.1. The number of hydrogen-bond donors (Lipinski definition) is 1. The maximum Gasteiger partial charge on any atom is 0.257 e. The van der Waals surface area contributed by atoms with Crippen molar-refractivity contribution in [2.75, 3.05) is 13.2 Å². The van der Waals surface area contributed by atoms with E-state index in [-0.39, 0.29) is 12.5 Å². The molecule has 1 aromatic heterocycles. The number of carbonyl (C=O) groups excluding carboxylic acids is 1. The predicted molar refractivity (Wildman–Crippen MR) is 77.7 cm³/mol. The smallest absolute Gasteiger partial charge is 0.257 e. The van der Waals surface area contributed by atoms with Gasteiger partial charge in [-0.3, -0.25) is 4.79 Å². The molecule has 19 heavy (non-hydrogen) atoms. The van der Waals surface area contributed by atoms with Gasteiger partial charge in [0.05, 0.1) is 0 Å². The molecular formula is C15H17NO2S. The summed E-state index contributed by atoms with van der Waals surface area (Å²) in [4.78, 5) is 11.6. The Hall–Kier alpha value is -1.81. The van der Waals surface area contributed by atoms with E-state index in [1.165, 1.54) is 5.56 Å². The number of hydrogen-bond acceptors (Lipinski definition) is 3. The number of benzene rings is 1. The van der Waals surface area contributed by atoms with Gasteiger partial charge < -0.3 is 10.1 Å². The molecule has 2 rings (SSSR count). The molecule has 0 aliphatic heterocycles. The first-order chi connectivity index (χ1) is 9.25. The van der Waals surface area contributed by atoms with E-state index in [4.69, 9.17) is 4.74 Å². The van der Waals surface area contributed by atoms with Crippen LogP contribution in [-0.2, 0) is 11.2 Å². The Morgan fingerprint density at radius 3 is 2.89 bits per heavy atom. The molecule has 1 aromatic carbocycles. The van der Waals surface area contributed by atoms with Gasteiger partial charge in [-0.15, -0.1) is 0 Å². The third-order valence-electron chi connectivity index (χ3n) is 2.77. The molecular weight excluding hydrogens is 258 g/mol. The van der Waals surface area contributed by atoms with Gasteiger partial charge in [0.2, 0.25) is 0 Å². The molecule has 0 aliphatic rings. The second kappa shape index (κ2) is 6.95. The number of rotatable bonds is 6. The van der Waals surface area contributed by atoms with Crippen LogP contribution in [0.3, 0.4) is 0 Å². The molecule has 3 nitrogen and oxygen atoms in total. The summed E-state index contributed by atoms with van der Waals surface area (Å²) < 4.78 is 5.48. The lowest BCUT2D eigenvalue weighted by Gasteiger charge is -2.09. The second-order valence-corrected chi connectivity index (χ2v) is 5.07. The minimum atomic E-state index is -0.0847. The lowest BCUT2D eigenvalue weighted by molar-refractivity contribution is -0.123. The van der Waals surface area contributed by atoms with Crippen molar-refractivity contribution in [3.8, 4) is 5.75 Å². The number of nitrogens with one attached hydrogen (secondary N) is 1. The fourth-order valence-corrected chi connectivity index (χ4v) is 2.40. The first-order valence-electron chi connectivity index (χ1n) is 6.22. The summed E-state index contributed by atoms with van der Waals surface area (Å²) in [6.07, 6.45) is 0.861. The van der Waals surface area contributed by atoms with E-state index < -0.39 is 0 Å². The summed E-state index contributed by atoms with van der Waals surface area (Å²) in [5, 5.41) is 6.98. The van der Waals surface area contributed by atoms with Crippen LogP contribution >= 0.6 is 11.3 Å². The number of thiophene rings is 1. The number of para-hydroxylation sites is 1. The molecule has 0 atom stereocenters. The number of aryl methyl sites for hydroxylation is 1. The van der Waals surface area contributed by atoms with Crippen LogP contribution in [0.2, 0.25) is 0 Å². The molecule has 0 fully saturated rings. The van der Waals surface area contributed by atoms with E-state index in [0.717, 1.165) is 17.7 Å². The van der Waals surface area contributed by atoms with Crippen molar-refractivity contribution in [2.45, 2.75) is 13.3 Å². The van der Waals surface area contributed by atoms with Gasteiger partial charge in [0.1, 0.15) is 5.75 Å². The Balaban J connectivity index is 1.69. The maximum atomic E-state index is 11.6. The quantitative estimate of drug-likeness (QED) is 0.880. The van der Waals surface area contributed by atoms with Crippen LogP contribution in [0, 0.1) is 6.92 Å². The van der Waals surface area contributed by atoms with E-state index in [2.05, 4.69) is 16.8 Å². The normalized spacial score (nSPS) is 10.2. The van der Waals surface area contributed by atoms with Crippen molar-refractivity contribution in [3.05, 3.63) is 52.2 Å². The Labute approximate surface area is 117 Å². The lowest BCUT2D eigenvalue weighted by Crippen LogP contribution is -2.30. The third kappa shape index (κ3) is 4.41. The van der Waals surface area contributed by atoms with E-state index in [0.29, 0.717) is 6.54 Å². The molecule has 2 aromatic rings. The van der Waals surface area contributed by atoms with Gasteiger partial charge in [0, 0.05) is 6.54 Å². The Bertz CT molecular complexity index is 523. The fourth-order valence-electron chi connectivity index (χ4n) is 1.69. The van der Waals surface area contributed by atoms with Gasteiger partial charge in [-0.2, -0.15) is 11.3 Å². The summed E-state index contributed by atoms with van der Waals surface area (Å²) in [6.45, 7) is 2.67. The van der Waals surface area contributed by atoms with Gasteiger partial charge in [-0.25, -0.2) is 0 Å². The lowest BCUT2D eigenvalue weighted by atomic mass is 10.2. The van der Waals surface area contributed by atoms with E-state index in [9.17, 15) is 4.79 Å². The number of ether oxygens (including phenoxy) is 1. The largest absolute Gasteiger partial charge is 0.484 e. The third-order valence-corrected chi connectivity index (χ3v) is 3.50. The Morgan fingerprint density at radius 2 is 2.16 bits per heavy atom. The van der Waals surface area contributed by atoms with Crippen molar-refractivity contribution in [3.63, 3.8) is 0 Å². The molecule has 0 unspecified atom stereocenters. The van der Waals surface area contributed by atoms with Crippen LogP contribution < -0.4 is 10.1 Å². The Kier molecular flexibility index (Phi) is 4.98. The second-order valence-electron chi connectivity index (χ2n) is 4.29. The Morgan fingerprint density at radius 1 is 1.32 bits per heavy atom. The molecule has 4 heteroatoms. The fraction of sp³-hybridized carbons (Fsp3) is 0.267.